The minimum absolute atomic E-state index is 0.0373. The van der Waals surface area contributed by atoms with E-state index >= 15 is 4.39 Å². The normalized spacial score (nSPS) is 14.6. The number of carbonyl (C=O) groups is 1. The molecule has 0 bridgehead atoms. The largest absolute Gasteiger partial charge is 0.490 e. The molecule has 9 nitrogen and oxygen atoms in total. The van der Waals surface area contributed by atoms with Gasteiger partial charge in [-0.15, -0.1) is 11.3 Å². The fourth-order valence-electron chi connectivity index (χ4n) is 6.04. The van der Waals surface area contributed by atoms with Gasteiger partial charge in [0, 0.05) is 65.1 Å². The zero-order valence-corrected chi connectivity index (χ0v) is 26.3. The Hall–Kier alpha value is -4.94. The number of hydrogen-bond donors (Lipinski definition) is 0. The monoisotopic (exact) mass is 640 g/mol. The second-order valence-corrected chi connectivity index (χ2v) is 12.2. The fraction of sp³-hybridized carbons (Fsp3) is 0.235. The van der Waals surface area contributed by atoms with E-state index in [1.165, 1.54) is 30.6 Å². The second-order valence-electron chi connectivity index (χ2n) is 11.2. The van der Waals surface area contributed by atoms with Crippen LogP contribution in [0.4, 0.5) is 8.78 Å². The number of benzene rings is 2. The maximum absolute atomic E-state index is 16.0. The number of aryl methyl sites for hydroxylation is 1. The highest BCUT2D eigenvalue weighted by atomic mass is 32.1. The van der Waals surface area contributed by atoms with E-state index in [2.05, 4.69) is 11.7 Å². The first kappa shape index (κ1) is 29.8. The predicted octanol–water partition coefficient (Wildman–Crippen LogP) is 6.60. The van der Waals surface area contributed by atoms with Gasteiger partial charge in [0.25, 0.3) is 0 Å². The third kappa shape index (κ3) is 5.13. The summed E-state index contributed by atoms with van der Waals surface area (Å²) in [5, 5.41) is 13.2. The summed E-state index contributed by atoms with van der Waals surface area (Å²) in [4.78, 5) is 19.5. The number of methoxy groups -OCH3 is 1. The summed E-state index contributed by atoms with van der Waals surface area (Å²) in [7, 11) is 3.40. The number of fused-ring (bicyclic) bond motifs is 3. The third-order valence-corrected chi connectivity index (χ3v) is 9.11. The Balaban J connectivity index is 1.49. The molecule has 7 rings (SSSR count). The number of amides is 1. The molecule has 2 aromatic carbocycles. The van der Waals surface area contributed by atoms with Crippen molar-refractivity contribution in [1.29, 1.82) is 0 Å². The molecule has 5 heterocycles. The molecular formula is C34H30F2N6O3S. The van der Waals surface area contributed by atoms with E-state index in [9.17, 15) is 9.18 Å². The molecule has 1 aliphatic heterocycles. The Kier molecular flexibility index (Phi) is 7.61. The maximum atomic E-state index is 16.0. The lowest BCUT2D eigenvalue weighted by Gasteiger charge is -2.33. The Bertz CT molecular complexity index is 2150. The van der Waals surface area contributed by atoms with Crippen molar-refractivity contribution in [2.75, 3.05) is 20.3 Å². The molecule has 0 fully saturated rings. The number of halogens is 2. The number of aromatic nitrogens is 5. The fourth-order valence-corrected chi connectivity index (χ4v) is 6.99. The van der Waals surface area contributed by atoms with E-state index in [0.717, 1.165) is 38.3 Å². The van der Waals surface area contributed by atoms with E-state index in [1.807, 2.05) is 60.6 Å². The van der Waals surface area contributed by atoms with Crippen LogP contribution in [0.3, 0.4) is 0 Å². The van der Waals surface area contributed by atoms with Crippen LogP contribution in [0.15, 0.2) is 66.7 Å². The van der Waals surface area contributed by atoms with Gasteiger partial charge in [-0.05, 0) is 36.6 Å². The molecule has 46 heavy (non-hydrogen) atoms. The van der Waals surface area contributed by atoms with Crippen molar-refractivity contribution in [1.82, 2.24) is 29.4 Å². The Morgan fingerprint density at radius 2 is 1.96 bits per heavy atom. The number of rotatable bonds is 8. The molecule has 1 atom stereocenters. The van der Waals surface area contributed by atoms with E-state index in [0.29, 0.717) is 35.7 Å². The number of ether oxygens (including phenoxy) is 2. The molecule has 0 unspecified atom stereocenters. The molecule has 4 aromatic heterocycles. The van der Waals surface area contributed by atoms with Crippen LogP contribution < -0.4 is 4.74 Å². The van der Waals surface area contributed by atoms with Crippen molar-refractivity contribution in [2.45, 2.75) is 26.1 Å². The minimum Gasteiger partial charge on any atom is -0.490 e. The van der Waals surface area contributed by atoms with Gasteiger partial charge >= 0.3 is 0 Å². The van der Waals surface area contributed by atoms with Crippen LogP contribution >= 0.6 is 11.3 Å². The zero-order chi connectivity index (χ0) is 32.1. The van der Waals surface area contributed by atoms with Gasteiger partial charge in [-0.1, -0.05) is 18.7 Å². The molecule has 0 saturated heterocycles. The average molecular weight is 641 g/mol. The lowest BCUT2D eigenvalue weighted by Crippen LogP contribution is -2.44. The van der Waals surface area contributed by atoms with Gasteiger partial charge in [-0.25, -0.2) is 13.8 Å². The minimum atomic E-state index is -0.784. The SMILES string of the molecule is C=CC(=O)N1Cc2cc(-c3nc(-c4ccc5cn(C)nc5c4)c4ccsc4c3-c3c(F)cc(F)cc3OCCOC)nn2C[C@H]1C. The van der Waals surface area contributed by atoms with Crippen molar-refractivity contribution < 1.29 is 23.0 Å². The van der Waals surface area contributed by atoms with Gasteiger partial charge < -0.3 is 14.4 Å². The van der Waals surface area contributed by atoms with Crippen LogP contribution in [0.2, 0.25) is 0 Å². The number of thiophene rings is 1. The van der Waals surface area contributed by atoms with E-state index in [-0.39, 0.29) is 36.5 Å². The molecule has 234 valence electrons. The maximum Gasteiger partial charge on any atom is 0.246 e. The van der Waals surface area contributed by atoms with Crippen molar-refractivity contribution in [3.05, 3.63) is 84.0 Å². The molecule has 12 heteroatoms. The van der Waals surface area contributed by atoms with Crippen LogP contribution in [0, 0.1) is 11.6 Å². The highest BCUT2D eigenvalue weighted by molar-refractivity contribution is 7.18. The van der Waals surface area contributed by atoms with Crippen LogP contribution in [-0.2, 0) is 29.7 Å². The van der Waals surface area contributed by atoms with Crippen LogP contribution in [0.1, 0.15) is 12.6 Å². The average Bonchev–Trinajstić information content (AvgIpc) is 3.77. The predicted molar refractivity (Wildman–Crippen MR) is 173 cm³/mol. The lowest BCUT2D eigenvalue weighted by molar-refractivity contribution is -0.129. The summed E-state index contributed by atoms with van der Waals surface area (Å²) >= 11 is 1.43. The van der Waals surface area contributed by atoms with Crippen LogP contribution in [0.25, 0.3) is 54.8 Å². The van der Waals surface area contributed by atoms with Gasteiger partial charge in [0.2, 0.25) is 5.91 Å². The first-order chi connectivity index (χ1) is 22.2. The summed E-state index contributed by atoms with van der Waals surface area (Å²) in [5.74, 6) is -1.67. The molecule has 1 aliphatic rings. The number of hydrogen-bond acceptors (Lipinski definition) is 7. The summed E-state index contributed by atoms with van der Waals surface area (Å²) in [6.07, 6.45) is 3.25. The highest BCUT2D eigenvalue weighted by Crippen LogP contribution is 2.47. The van der Waals surface area contributed by atoms with Crippen molar-refractivity contribution >= 4 is 38.2 Å². The van der Waals surface area contributed by atoms with Gasteiger partial charge in [0.05, 0.1) is 42.2 Å². The van der Waals surface area contributed by atoms with E-state index < -0.39 is 11.6 Å². The first-order valence-corrected chi connectivity index (χ1v) is 15.6. The number of carbonyl (C=O) groups excluding carboxylic acids is 1. The molecule has 0 N–H and O–H groups in total. The molecule has 1 amide bonds. The summed E-state index contributed by atoms with van der Waals surface area (Å²) in [6.45, 7) is 6.72. The Labute approximate surface area is 267 Å². The zero-order valence-electron chi connectivity index (χ0n) is 25.5. The quantitative estimate of drug-likeness (QED) is 0.138. The molecular weight excluding hydrogens is 610 g/mol. The van der Waals surface area contributed by atoms with Crippen molar-refractivity contribution in [3.8, 4) is 39.5 Å². The van der Waals surface area contributed by atoms with Gasteiger partial charge in [-0.3, -0.25) is 14.2 Å². The molecule has 6 aromatic rings. The first-order valence-electron chi connectivity index (χ1n) is 14.7. The van der Waals surface area contributed by atoms with Crippen LogP contribution in [0.5, 0.6) is 5.75 Å². The van der Waals surface area contributed by atoms with E-state index in [4.69, 9.17) is 19.6 Å². The second kappa shape index (κ2) is 11.8. The molecule has 0 radical (unpaired) electrons. The number of pyridine rings is 1. The molecule has 0 aliphatic carbocycles. The smallest absolute Gasteiger partial charge is 0.246 e. The Morgan fingerprint density at radius 1 is 1.11 bits per heavy atom. The van der Waals surface area contributed by atoms with Gasteiger partial charge in [0.15, 0.2) is 0 Å². The van der Waals surface area contributed by atoms with Gasteiger partial charge in [0.1, 0.15) is 35.4 Å². The third-order valence-electron chi connectivity index (χ3n) is 8.18. The topological polar surface area (TPSA) is 87.3 Å². The van der Waals surface area contributed by atoms with Crippen molar-refractivity contribution in [3.63, 3.8) is 0 Å². The lowest BCUT2D eigenvalue weighted by atomic mass is 9.96. The van der Waals surface area contributed by atoms with Gasteiger partial charge in [-0.2, -0.15) is 10.2 Å². The summed E-state index contributed by atoms with van der Waals surface area (Å²) < 4.78 is 46.0. The molecule has 0 spiro atoms. The molecule has 0 saturated carbocycles. The highest BCUT2D eigenvalue weighted by Gasteiger charge is 2.30. The summed E-state index contributed by atoms with van der Waals surface area (Å²) in [6, 6.07) is 11.7. The Morgan fingerprint density at radius 3 is 2.76 bits per heavy atom. The summed E-state index contributed by atoms with van der Waals surface area (Å²) in [5.41, 5.74) is 4.55. The standard InChI is InChI=1S/C34H30F2N6O3S/c1-5-29(43)41-18-23-15-27(39-42(23)16-19(41)2)33-31(30-25(36)13-22(35)14-28(30)45-10-9-44-4)34-24(8-11-46-34)32(37-33)20-6-7-21-17-40(3)38-26(21)12-20/h5-8,11-15,17,19H,1,9-10,16,18H2,2-4H3/t19-/m1/s1. The van der Waals surface area contributed by atoms with Crippen LogP contribution in [-0.4, -0.2) is 61.7 Å². The van der Waals surface area contributed by atoms with Crippen molar-refractivity contribution in [2.24, 2.45) is 7.05 Å². The number of nitrogens with zero attached hydrogens (tertiary/aromatic N) is 6. The van der Waals surface area contributed by atoms with E-state index in [1.54, 1.807) is 9.58 Å².